The van der Waals surface area contributed by atoms with E-state index in [4.69, 9.17) is 10.5 Å². The number of hydrogen-bond donors (Lipinski definition) is 2. The van der Waals surface area contributed by atoms with Gasteiger partial charge < -0.3 is 15.8 Å². The van der Waals surface area contributed by atoms with Crippen LogP contribution in [0.4, 0.5) is 0 Å². The molecule has 17 heavy (non-hydrogen) atoms. The molecule has 0 aliphatic carbocycles. The van der Waals surface area contributed by atoms with E-state index in [2.05, 4.69) is 19.2 Å². The molecule has 4 heteroatoms. The zero-order chi connectivity index (χ0) is 12.7. The molecule has 1 fully saturated rings. The molecule has 0 aromatic rings. The molecule has 0 aromatic heterocycles. The Hall–Kier alpha value is -0.610. The molecule has 1 amide bonds. The largest absolute Gasteiger partial charge is 0.381 e. The highest BCUT2D eigenvalue weighted by Gasteiger charge is 2.38. The predicted octanol–water partition coefficient (Wildman–Crippen LogP) is 1.29. The van der Waals surface area contributed by atoms with E-state index in [0.717, 1.165) is 32.2 Å². The molecule has 0 spiro atoms. The van der Waals surface area contributed by atoms with Crippen LogP contribution in [0.15, 0.2) is 0 Å². The summed E-state index contributed by atoms with van der Waals surface area (Å²) in [4.78, 5) is 12.2. The highest BCUT2D eigenvalue weighted by atomic mass is 16.5. The fourth-order valence-corrected chi connectivity index (χ4v) is 2.29. The molecular formula is C13H26N2O2. The second-order valence-corrected chi connectivity index (χ2v) is 4.99. The van der Waals surface area contributed by atoms with Gasteiger partial charge in [0.2, 0.25) is 5.91 Å². The zero-order valence-electron chi connectivity index (χ0n) is 11.1. The van der Waals surface area contributed by atoms with Crippen LogP contribution >= 0.6 is 0 Å². The van der Waals surface area contributed by atoms with E-state index < -0.39 is 0 Å². The van der Waals surface area contributed by atoms with Gasteiger partial charge in [-0.2, -0.15) is 0 Å². The van der Waals surface area contributed by atoms with Gasteiger partial charge in [-0.25, -0.2) is 0 Å². The second kappa shape index (κ2) is 6.97. The lowest BCUT2D eigenvalue weighted by Crippen LogP contribution is -2.50. The second-order valence-electron chi connectivity index (χ2n) is 4.99. The van der Waals surface area contributed by atoms with Gasteiger partial charge in [0, 0.05) is 26.3 Å². The number of rotatable bonds is 6. The molecule has 0 aromatic carbocycles. The van der Waals surface area contributed by atoms with Crippen LogP contribution in [0.5, 0.6) is 0 Å². The summed E-state index contributed by atoms with van der Waals surface area (Å²) >= 11 is 0. The van der Waals surface area contributed by atoms with Crippen LogP contribution in [-0.2, 0) is 9.53 Å². The Kier molecular flexibility index (Phi) is 5.92. The van der Waals surface area contributed by atoms with Crippen LogP contribution in [-0.4, -0.2) is 32.2 Å². The number of ether oxygens (including phenoxy) is 1. The third-order valence-electron chi connectivity index (χ3n) is 4.03. The van der Waals surface area contributed by atoms with Gasteiger partial charge in [-0.05, 0) is 18.8 Å². The van der Waals surface area contributed by atoms with Crippen molar-refractivity contribution in [2.75, 3.05) is 26.3 Å². The molecule has 0 bridgehead atoms. The molecule has 3 N–H and O–H groups in total. The summed E-state index contributed by atoms with van der Waals surface area (Å²) in [6.07, 6.45) is 3.71. The van der Waals surface area contributed by atoms with Crippen molar-refractivity contribution in [3.05, 3.63) is 0 Å². The van der Waals surface area contributed by atoms with E-state index in [9.17, 15) is 4.79 Å². The Balaban J connectivity index is 2.48. The summed E-state index contributed by atoms with van der Waals surface area (Å²) in [6.45, 7) is 6.81. The molecule has 0 saturated carbocycles. The Morgan fingerprint density at radius 1 is 1.35 bits per heavy atom. The predicted molar refractivity (Wildman–Crippen MR) is 68.6 cm³/mol. The van der Waals surface area contributed by atoms with Crippen LogP contribution in [0.3, 0.4) is 0 Å². The summed E-state index contributed by atoms with van der Waals surface area (Å²) < 4.78 is 5.31. The van der Waals surface area contributed by atoms with Crippen LogP contribution in [0, 0.1) is 11.3 Å². The molecular weight excluding hydrogens is 216 g/mol. The first kappa shape index (κ1) is 14.5. The minimum Gasteiger partial charge on any atom is -0.381 e. The highest BCUT2D eigenvalue weighted by Crippen LogP contribution is 2.29. The van der Waals surface area contributed by atoms with Crippen molar-refractivity contribution in [2.45, 2.75) is 39.5 Å². The number of nitrogens with one attached hydrogen (secondary N) is 1. The molecule has 1 heterocycles. The Labute approximate surface area is 104 Å². The van der Waals surface area contributed by atoms with Gasteiger partial charge in [0.1, 0.15) is 0 Å². The van der Waals surface area contributed by atoms with E-state index in [0.29, 0.717) is 25.7 Å². The fourth-order valence-electron chi connectivity index (χ4n) is 2.29. The number of nitrogens with two attached hydrogens (primary N) is 1. The third-order valence-corrected chi connectivity index (χ3v) is 4.03. The molecule has 4 nitrogen and oxygen atoms in total. The van der Waals surface area contributed by atoms with E-state index in [1.165, 1.54) is 0 Å². The average molecular weight is 242 g/mol. The van der Waals surface area contributed by atoms with Crippen LogP contribution in [0.25, 0.3) is 0 Å². The average Bonchev–Trinajstić information content (AvgIpc) is 2.40. The van der Waals surface area contributed by atoms with Gasteiger partial charge in [0.15, 0.2) is 0 Å². The van der Waals surface area contributed by atoms with E-state index in [1.807, 2.05) is 0 Å². The van der Waals surface area contributed by atoms with Gasteiger partial charge in [0.25, 0.3) is 0 Å². The topological polar surface area (TPSA) is 64.4 Å². The van der Waals surface area contributed by atoms with Gasteiger partial charge in [0.05, 0.1) is 5.41 Å². The van der Waals surface area contributed by atoms with Crippen molar-refractivity contribution in [3.8, 4) is 0 Å². The highest BCUT2D eigenvalue weighted by molar-refractivity contribution is 5.83. The summed E-state index contributed by atoms with van der Waals surface area (Å²) in [5, 5.41) is 3.07. The summed E-state index contributed by atoms with van der Waals surface area (Å²) in [6, 6.07) is 0. The Morgan fingerprint density at radius 2 is 1.94 bits per heavy atom. The van der Waals surface area contributed by atoms with Gasteiger partial charge >= 0.3 is 0 Å². The lowest BCUT2D eigenvalue weighted by atomic mass is 9.79. The minimum absolute atomic E-state index is 0.121. The Bertz CT molecular complexity index is 234. The SMILES string of the molecule is CCC(CC)CNC(=O)C1(CN)CCOCC1. The van der Waals surface area contributed by atoms with Crippen LogP contribution < -0.4 is 11.1 Å². The Morgan fingerprint density at radius 3 is 2.41 bits per heavy atom. The maximum Gasteiger partial charge on any atom is 0.227 e. The number of carbonyl (C=O) groups excluding carboxylic acids is 1. The smallest absolute Gasteiger partial charge is 0.227 e. The molecule has 0 atom stereocenters. The lowest BCUT2D eigenvalue weighted by molar-refractivity contribution is -0.136. The third kappa shape index (κ3) is 3.68. The van der Waals surface area contributed by atoms with Crippen LogP contribution in [0.2, 0.25) is 0 Å². The fraction of sp³-hybridized carbons (Fsp3) is 0.923. The molecule has 100 valence electrons. The van der Waals surface area contributed by atoms with Crippen molar-refractivity contribution in [3.63, 3.8) is 0 Å². The van der Waals surface area contributed by atoms with E-state index in [-0.39, 0.29) is 11.3 Å². The van der Waals surface area contributed by atoms with E-state index >= 15 is 0 Å². The molecule has 1 aliphatic heterocycles. The quantitative estimate of drug-likeness (QED) is 0.738. The molecule has 0 radical (unpaired) electrons. The maximum atomic E-state index is 12.2. The number of hydrogen-bond acceptors (Lipinski definition) is 3. The normalized spacial score (nSPS) is 19.3. The summed E-state index contributed by atoms with van der Waals surface area (Å²) in [5.74, 6) is 0.698. The molecule has 1 aliphatic rings. The summed E-state index contributed by atoms with van der Waals surface area (Å²) in [5.41, 5.74) is 5.41. The monoisotopic (exact) mass is 242 g/mol. The number of amides is 1. The summed E-state index contributed by atoms with van der Waals surface area (Å²) in [7, 11) is 0. The first-order valence-corrected chi connectivity index (χ1v) is 6.74. The lowest BCUT2D eigenvalue weighted by Gasteiger charge is -2.34. The van der Waals surface area contributed by atoms with Crippen LogP contribution in [0.1, 0.15) is 39.5 Å². The molecule has 1 saturated heterocycles. The van der Waals surface area contributed by atoms with Gasteiger partial charge in [-0.3, -0.25) is 4.79 Å². The first-order chi connectivity index (χ1) is 8.18. The van der Waals surface area contributed by atoms with Crippen molar-refractivity contribution in [2.24, 2.45) is 17.1 Å². The van der Waals surface area contributed by atoms with Gasteiger partial charge in [-0.1, -0.05) is 26.7 Å². The maximum absolute atomic E-state index is 12.2. The van der Waals surface area contributed by atoms with Crippen molar-refractivity contribution < 1.29 is 9.53 Å². The minimum atomic E-state index is -0.385. The van der Waals surface area contributed by atoms with Gasteiger partial charge in [-0.15, -0.1) is 0 Å². The van der Waals surface area contributed by atoms with Crippen molar-refractivity contribution >= 4 is 5.91 Å². The van der Waals surface area contributed by atoms with Crippen molar-refractivity contribution in [1.82, 2.24) is 5.32 Å². The zero-order valence-corrected chi connectivity index (χ0v) is 11.1. The van der Waals surface area contributed by atoms with E-state index in [1.54, 1.807) is 0 Å². The van der Waals surface area contributed by atoms with Crippen molar-refractivity contribution in [1.29, 1.82) is 0 Å². The molecule has 1 rings (SSSR count). The standard InChI is InChI=1S/C13H26N2O2/c1-3-11(4-2)9-15-12(16)13(10-14)5-7-17-8-6-13/h11H,3-10,14H2,1-2H3,(H,15,16). The molecule has 0 unspecified atom stereocenters. The number of carbonyl (C=O) groups is 1. The first-order valence-electron chi connectivity index (χ1n) is 6.74.